The third-order valence-corrected chi connectivity index (χ3v) is 4.16. The zero-order chi connectivity index (χ0) is 17.1. The van der Waals surface area contributed by atoms with Crippen LogP contribution in [0, 0.1) is 0 Å². The highest BCUT2D eigenvalue weighted by Crippen LogP contribution is 2.30. The Morgan fingerprint density at radius 1 is 1.04 bits per heavy atom. The number of amides is 1. The monoisotopic (exact) mass is 323 g/mol. The second-order valence-electron chi connectivity index (χ2n) is 5.77. The van der Waals surface area contributed by atoms with E-state index < -0.39 is 5.97 Å². The molecule has 0 unspecified atom stereocenters. The first-order valence-electron chi connectivity index (χ1n) is 8.11. The van der Waals surface area contributed by atoms with Crippen LogP contribution < -0.4 is 10.4 Å². The van der Waals surface area contributed by atoms with E-state index in [0.29, 0.717) is 0 Å². The van der Waals surface area contributed by atoms with Crippen molar-refractivity contribution in [2.75, 3.05) is 5.32 Å². The average Bonchev–Trinajstić information content (AvgIpc) is 2.87. The lowest BCUT2D eigenvalue weighted by atomic mass is 10.1. The molecule has 0 saturated carbocycles. The van der Waals surface area contributed by atoms with Crippen LogP contribution >= 0.6 is 0 Å². The number of rotatable bonds is 6. The van der Waals surface area contributed by atoms with Gasteiger partial charge >= 0.3 is 0 Å². The molecule has 2 aromatic carbocycles. The van der Waals surface area contributed by atoms with Gasteiger partial charge in [0.2, 0.25) is 5.91 Å². The molecular formula is C19H19N2O3-. The number of carboxylic acids is 1. The van der Waals surface area contributed by atoms with Crippen molar-refractivity contribution >= 4 is 39.4 Å². The third kappa shape index (κ3) is 3.11. The maximum absolute atomic E-state index is 11.9. The molecule has 1 aromatic heterocycles. The lowest BCUT2D eigenvalue weighted by Crippen LogP contribution is -2.22. The van der Waals surface area contributed by atoms with E-state index in [4.69, 9.17) is 0 Å². The van der Waals surface area contributed by atoms with Crippen LogP contribution in [0.15, 0.2) is 42.5 Å². The maximum Gasteiger partial charge on any atom is 0.224 e. The van der Waals surface area contributed by atoms with Gasteiger partial charge < -0.3 is 19.8 Å². The Balaban J connectivity index is 1.87. The Morgan fingerprint density at radius 2 is 1.79 bits per heavy atom. The van der Waals surface area contributed by atoms with Gasteiger partial charge in [0.05, 0.1) is 0 Å². The van der Waals surface area contributed by atoms with E-state index in [1.165, 1.54) is 5.52 Å². The van der Waals surface area contributed by atoms with Crippen molar-refractivity contribution in [3.8, 4) is 0 Å². The summed E-state index contributed by atoms with van der Waals surface area (Å²) in [7, 11) is 0. The lowest BCUT2D eigenvalue weighted by Gasteiger charge is -2.07. The summed E-state index contributed by atoms with van der Waals surface area (Å²) in [6.45, 7) is 2.98. The summed E-state index contributed by atoms with van der Waals surface area (Å²) in [5.41, 5.74) is 3.03. The predicted molar refractivity (Wildman–Crippen MR) is 92.6 cm³/mol. The van der Waals surface area contributed by atoms with Crippen LogP contribution in [-0.4, -0.2) is 16.4 Å². The van der Waals surface area contributed by atoms with E-state index in [1.807, 2.05) is 30.3 Å². The summed E-state index contributed by atoms with van der Waals surface area (Å²) < 4.78 is 2.25. The largest absolute Gasteiger partial charge is 0.550 e. The summed E-state index contributed by atoms with van der Waals surface area (Å²) >= 11 is 0. The van der Waals surface area contributed by atoms with Gasteiger partial charge in [-0.05, 0) is 44.0 Å². The van der Waals surface area contributed by atoms with E-state index in [-0.39, 0.29) is 25.2 Å². The fourth-order valence-electron chi connectivity index (χ4n) is 3.09. The minimum absolute atomic E-state index is 0.101. The Hall–Kier alpha value is -2.82. The van der Waals surface area contributed by atoms with Gasteiger partial charge in [-0.1, -0.05) is 18.2 Å². The van der Waals surface area contributed by atoms with Gasteiger partial charge in [0.25, 0.3) is 0 Å². The first-order chi connectivity index (χ1) is 11.6. The number of aromatic nitrogens is 1. The van der Waals surface area contributed by atoms with E-state index >= 15 is 0 Å². The molecule has 5 nitrogen and oxygen atoms in total. The molecule has 0 aliphatic rings. The zero-order valence-corrected chi connectivity index (χ0v) is 13.5. The fraction of sp³-hybridized carbons (Fsp3) is 0.263. The quantitative estimate of drug-likeness (QED) is 0.758. The summed E-state index contributed by atoms with van der Waals surface area (Å²) in [6, 6.07) is 14.1. The second-order valence-corrected chi connectivity index (χ2v) is 5.77. The van der Waals surface area contributed by atoms with Crippen molar-refractivity contribution in [3.05, 3.63) is 42.5 Å². The number of para-hydroxylation sites is 1. The van der Waals surface area contributed by atoms with Gasteiger partial charge in [-0.2, -0.15) is 0 Å². The molecule has 1 N–H and O–H groups in total. The van der Waals surface area contributed by atoms with Gasteiger partial charge in [-0.3, -0.25) is 4.79 Å². The zero-order valence-electron chi connectivity index (χ0n) is 13.5. The number of carbonyl (C=O) groups is 2. The number of hydrogen-bond donors (Lipinski definition) is 1. The van der Waals surface area contributed by atoms with E-state index in [1.54, 1.807) is 0 Å². The van der Waals surface area contributed by atoms with Gasteiger partial charge in [-0.25, -0.2) is 0 Å². The minimum Gasteiger partial charge on any atom is -0.550 e. The number of fused-ring (bicyclic) bond motifs is 3. The van der Waals surface area contributed by atoms with Crippen molar-refractivity contribution in [1.82, 2.24) is 4.57 Å². The molecule has 0 radical (unpaired) electrons. The molecule has 0 spiro atoms. The first-order valence-corrected chi connectivity index (χ1v) is 8.11. The summed E-state index contributed by atoms with van der Waals surface area (Å²) in [6.07, 6.45) is 0.352. The number of nitrogens with zero attached hydrogens (tertiary/aromatic N) is 1. The number of aliphatic carboxylic acids is 1. The molecule has 0 fully saturated rings. The highest BCUT2D eigenvalue weighted by atomic mass is 16.4. The van der Waals surface area contributed by atoms with Crippen LogP contribution in [-0.2, 0) is 16.1 Å². The standard InChI is InChI=1S/C19H20N2O3/c1-2-21-16-7-4-3-6-14(16)15-12-13(10-11-17(15)21)20-18(22)8-5-9-19(23)24/h3-4,6-7,10-12H,2,5,8-9H2,1H3,(H,20,22)(H,23,24)/p-1. The molecule has 0 saturated heterocycles. The SMILES string of the molecule is CCn1c2ccccc2c2cc(NC(=O)CCCC(=O)[O-])ccc21. The molecule has 0 bridgehead atoms. The number of aryl methyl sites for hydroxylation is 1. The van der Waals surface area contributed by atoms with Gasteiger partial charge in [0, 0.05) is 46.4 Å². The Kier molecular flexibility index (Phi) is 4.51. The topological polar surface area (TPSA) is 74.2 Å². The Morgan fingerprint density at radius 3 is 2.54 bits per heavy atom. The second kappa shape index (κ2) is 6.74. The van der Waals surface area contributed by atoms with Gasteiger partial charge in [0.1, 0.15) is 0 Å². The average molecular weight is 323 g/mol. The first kappa shape index (κ1) is 16.1. The van der Waals surface area contributed by atoms with E-state index in [0.717, 1.165) is 28.5 Å². The highest BCUT2D eigenvalue weighted by molar-refractivity contribution is 6.09. The molecule has 0 aliphatic carbocycles. The van der Waals surface area contributed by atoms with Crippen LogP contribution in [0.4, 0.5) is 5.69 Å². The minimum atomic E-state index is -1.13. The molecular weight excluding hydrogens is 304 g/mol. The maximum atomic E-state index is 11.9. The van der Waals surface area contributed by atoms with Crippen LogP contribution in [0.3, 0.4) is 0 Å². The molecule has 3 aromatic rings. The highest BCUT2D eigenvalue weighted by Gasteiger charge is 2.10. The Bertz CT molecular complexity index is 912. The molecule has 1 heterocycles. The van der Waals surface area contributed by atoms with Gasteiger partial charge in [0.15, 0.2) is 0 Å². The Labute approximate surface area is 139 Å². The number of carboxylic acid groups (broad SMARTS) is 1. The molecule has 0 atom stereocenters. The summed E-state index contributed by atoms with van der Waals surface area (Å²) in [5, 5.41) is 15.5. The van der Waals surface area contributed by atoms with Crippen LogP contribution in [0.1, 0.15) is 26.2 Å². The van der Waals surface area contributed by atoms with Gasteiger partial charge in [-0.15, -0.1) is 0 Å². The smallest absolute Gasteiger partial charge is 0.224 e. The van der Waals surface area contributed by atoms with Crippen LogP contribution in [0.25, 0.3) is 21.8 Å². The molecule has 3 rings (SSSR count). The molecule has 0 aliphatic heterocycles. The van der Waals surface area contributed by atoms with Crippen molar-refractivity contribution in [2.24, 2.45) is 0 Å². The summed E-state index contributed by atoms with van der Waals surface area (Å²) in [5.74, 6) is -1.31. The number of carbonyl (C=O) groups excluding carboxylic acids is 2. The molecule has 24 heavy (non-hydrogen) atoms. The van der Waals surface area contributed by atoms with E-state index in [9.17, 15) is 14.7 Å². The van der Waals surface area contributed by atoms with Crippen molar-refractivity contribution in [2.45, 2.75) is 32.7 Å². The predicted octanol–water partition coefficient (Wildman–Crippen LogP) is 2.67. The van der Waals surface area contributed by atoms with E-state index in [2.05, 4.69) is 28.9 Å². The van der Waals surface area contributed by atoms with Crippen molar-refractivity contribution < 1.29 is 14.7 Å². The molecule has 1 amide bonds. The van der Waals surface area contributed by atoms with Crippen molar-refractivity contribution in [1.29, 1.82) is 0 Å². The summed E-state index contributed by atoms with van der Waals surface area (Å²) in [4.78, 5) is 22.3. The van der Waals surface area contributed by atoms with Crippen LogP contribution in [0.5, 0.6) is 0 Å². The number of anilines is 1. The number of nitrogens with one attached hydrogen (secondary N) is 1. The normalized spacial score (nSPS) is 11.0. The molecule has 5 heteroatoms. The van der Waals surface area contributed by atoms with Crippen LogP contribution in [0.2, 0.25) is 0 Å². The third-order valence-electron chi connectivity index (χ3n) is 4.16. The lowest BCUT2D eigenvalue weighted by molar-refractivity contribution is -0.305. The fourth-order valence-corrected chi connectivity index (χ4v) is 3.09. The molecule has 124 valence electrons. The van der Waals surface area contributed by atoms with Crippen molar-refractivity contribution in [3.63, 3.8) is 0 Å². The number of benzene rings is 2. The number of hydrogen-bond acceptors (Lipinski definition) is 3.